The number of hydrogen-bond acceptors (Lipinski definition) is 8. The summed E-state index contributed by atoms with van der Waals surface area (Å²) in [5.41, 5.74) is 0.602. The molecule has 4 rings (SSSR count). The molecule has 2 fully saturated rings. The zero-order valence-electron chi connectivity index (χ0n) is 17.9. The number of hydrogen-bond donors (Lipinski definition) is 1. The lowest BCUT2D eigenvalue weighted by molar-refractivity contribution is -0.167. The topological polar surface area (TPSA) is 92.7 Å². The summed E-state index contributed by atoms with van der Waals surface area (Å²) < 4.78 is 34.2. The summed E-state index contributed by atoms with van der Waals surface area (Å²) in [6, 6.07) is 10.6. The van der Waals surface area contributed by atoms with Gasteiger partial charge in [-0.15, -0.1) is 0 Å². The number of aromatic hydroxyl groups is 1. The molecule has 31 heavy (non-hydrogen) atoms. The van der Waals surface area contributed by atoms with Crippen molar-refractivity contribution in [2.45, 2.75) is 24.7 Å². The second kappa shape index (κ2) is 8.28. The van der Waals surface area contributed by atoms with E-state index < -0.39 is 17.7 Å². The average molecular weight is 430 g/mol. The number of rotatable bonds is 6. The molecule has 8 nitrogen and oxygen atoms in total. The van der Waals surface area contributed by atoms with Crippen LogP contribution in [0, 0.1) is 5.92 Å². The number of esters is 1. The van der Waals surface area contributed by atoms with Crippen LogP contribution in [-0.4, -0.2) is 51.2 Å². The Labute approximate surface area is 180 Å². The fourth-order valence-electron chi connectivity index (χ4n) is 4.56. The van der Waals surface area contributed by atoms with Gasteiger partial charge in [-0.1, -0.05) is 12.1 Å². The Morgan fingerprint density at radius 3 is 2.32 bits per heavy atom. The second-order valence-corrected chi connectivity index (χ2v) is 7.65. The van der Waals surface area contributed by atoms with Gasteiger partial charge in [0, 0.05) is 6.92 Å². The molecule has 0 spiro atoms. The monoisotopic (exact) mass is 430 g/mol. The maximum atomic E-state index is 12.1. The fraction of sp³-hybridized carbons (Fsp3) is 0.435. The molecule has 0 bridgehead atoms. The Morgan fingerprint density at radius 2 is 1.65 bits per heavy atom. The summed E-state index contributed by atoms with van der Waals surface area (Å²) in [5, 5.41) is 9.96. The van der Waals surface area contributed by atoms with Gasteiger partial charge in [-0.2, -0.15) is 0 Å². The normalized spacial score (nSPS) is 26.9. The third kappa shape index (κ3) is 3.55. The molecule has 8 heteroatoms. The van der Waals surface area contributed by atoms with E-state index in [1.54, 1.807) is 26.4 Å². The lowest BCUT2D eigenvalue weighted by Crippen LogP contribution is -2.43. The van der Waals surface area contributed by atoms with E-state index in [1.165, 1.54) is 20.1 Å². The highest BCUT2D eigenvalue weighted by molar-refractivity contribution is 5.67. The zero-order valence-corrected chi connectivity index (χ0v) is 17.9. The van der Waals surface area contributed by atoms with Crippen LogP contribution in [0.5, 0.6) is 23.0 Å². The third-order valence-corrected chi connectivity index (χ3v) is 5.94. The van der Waals surface area contributed by atoms with Crippen molar-refractivity contribution in [3.63, 3.8) is 0 Å². The number of fused-ring (bicyclic) bond motifs is 1. The standard InChI is InChI=1S/C23H26O8/c1-13(24)31-23-12-30-21(14-6-8-18(26-2)20(9-14)28-4)16(23)11-29-22(23)15-5-7-17(25)19(10-15)27-3/h5-10,16,21-22,25H,11-12H2,1-4H3. The molecule has 0 aromatic heterocycles. The fourth-order valence-corrected chi connectivity index (χ4v) is 4.56. The predicted octanol–water partition coefficient (Wildman–Crippen LogP) is 3.18. The lowest BCUT2D eigenvalue weighted by Gasteiger charge is -2.32. The molecule has 2 saturated heterocycles. The van der Waals surface area contributed by atoms with E-state index >= 15 is 0 Å². The van der Waals surface area contributed by atoms with E-state index in [9.17, 15) is 9.90 Å². The molecule has 2 aromatic carbocycles. The largest absolute Gasteiger partial charge is 0.504 e. The number of carbonyl (C=O) groups excluding carboxylic acids is 1. The molecule has 0 saturated carbocycles. The minimum Gasteiger partial charge on any atom is -0.504 e. The molecule has 1 N–H and O–H groups in total. The van der Waals surface area contributed by atoms with Crippen molar-refractivity contribution in [3.05, 3.63) is 47.5 Å². The van der Waals surface area contributed by atoms with Gasteiger partial charge in [-0.05, 0) is 35.4 Å². The smallest absolute Gasteiger partial charge is 0.303 e. The second-order valence-electron chi connectivity index (χ2n) is 7.65. The maximum Gasteiger partial charge on any atom is 0.303 e. The Morgan fingerprint density at radius 1 is 0.968 bits per heavy atom. The summed E-state index contributed by atoms with van der Waals surface area (Å²) in [5.74, 6) is 0.896. The van der Waals surface area contributed by atoms with Crippen molar-refractivity contribution in [2.24, 2.45) is 5.92 Å². The first-order chi connectivity index (χ1) is 14.9. The molecule has 166 valence electrons. The summed E-state index contributed by atoms with van der Waals surface area (Å²) in [4.78, 5) is 12.1. The minimum absolute atomic E-state index is 0.0215. The van der Waals surface area contributed by atoms with Crippen LogP contribution in [0.3, 0.4) is 0 Å². The summed E-state index contributed by atoms with van der Waals surface area (Å²) in [6.45, 7) is 1.88. The number of ether oxygens (including phenoxy) is 6. The average Bonchev–Trinajstić information content (AvgIpc) is 3.29. The first-order valence-corrected chi connectivity index (χ1v) is 9.95. The Balaban J connectivity index is 1.72. The van der Waals surface area contributed by atoms with Gasteiger partial charge in [-0.3, -0.25) is 4.79 Å². The molecule has 0 radical (unpaired) electrons. The highest BCUT2D eigenvalue weighted by Crippen LogP contribution is 2.56. The first kappa shape index (κ1) is 21.3. The van der Waals surface area contributed by atoms with Crippen LogP contribution < -0.4 is 14.2 Å². The molecule has 0 amide bonds. The van der Waals surface area contributed by atoms with Crippen molar-refractivity contribution in [1.29, 1.82) is 0 Å². The van der Waals surface area contributed by atoms with Crippen molar-refractivity contribution in [3.8, 4) is 23.0 Å². The summed E-state index contributed by atoms with van der Waals surface area (Å²) >= 11 is 0. The molecule has 0 aliphatic carbocycles. The minimum atomic E-state index is -1.01. The van der Waals surface area contributed by atoms with Crippen molar-refractivity contribution in [1.82, 2.24) is 0 Å². The predicted molar refractivity (Wildman–Crippen MR) is 110 cm³/mol. The van der Waals surface area contributed by atoms with Gasteiger partial charge in [0.05, 0.1) is 46.6 Å². The Bertz CT molecular complexity index is 974. The number of phenols is 1. The molecule has 4 atom stereocenters. The SMILES string of the molecule is COc1cc(C2OCC3C(c4ccc(OC)c(OC)c4)OCC23OC(C)=O)ccc1O. The molecule has 2 aliphatic rings. The van der Waals surface area contributed by atoms with Crippen molar-refractivity contribution >= 4 is 5.97 Å². The van der Waals surface area contributed by atoms with E-state index in [2.05, 4.69) is 0 Å². The molecular formula is C23H26O8. The van der Waals surface area contributed by atoms with Crippen LogP contribution in [0.15, 0.2) is 36.4 Å². The van der Waals surface area contributed by atoms with Gasteiger partial charge in [-0.25, -0.2) is 0 Å². The van der Waals surface area contributed by atoms with Crippen LogP contribution >= 0.6 is 0 Å². The number of phenolic OH excluding ortho intramolecular Hbond substituents is 1. The lowest BCUT2D eigenvalue weighted by atomic mass is 9.80. The van der Waals surface area contributed by atoms with Crippen LogP contribution in [0.1, 0.15) is 30.3 Å². The highest BCUT2D eigenvalue weighted by Gasteiger charge is 2.62. The zero-order chi connectivity index (χ0) is 22.2. The molecule has 2 heterocycles. The Kier molecular flexibility index (Phi) is 5.68. The highest BCUT2D eigenvalue weighted by atomic mass is 16.6. The van der Waals surface area contributed by atoms with E-state index in [-0.39, 0.29) is 24.4 Å². The van der Waals surface area contributed by atoms with Crippen LogP contribution in [0.4, 0.5) is 0 Å². The van der Waals surface area contributed by atoms with Gasteiger partial charge in [0.1, 0.15) is 6.10 Å². The summed E-state index contributed by atoms with van der Waals surface area (Å²) in [6.07, 6.45) is -0.927. The Hall–Kier alpha value is -2.97. The molecule has 2 aliphatic heterocycles. The third-order valence-electron chi connectivity index (χ3n) is 5.94. The molecular weight excluding hydrogens is 404 g/mol. The van der Waals surface area contributed by atoms with Gasteiger partial charge in [0.25, 0.3) is 0 Å². The first-order valence-electron chi connectivity index (χ1n) is 9.95. The van der Waals surface area contributed by atoms with Gasteiger partial charge < -0.3 is 33.5 Å². The van der Waals surface area contributed by atoms with Crippen molar-refractivity contribution < 1.29 is 38.3 Å². The van der Waals surface area contributed by atoms with Gasteiger partial charge in [0.15, 0.2) is 28.6 Å². The van der Waals surface area contributed by atoms with E-state index in [0.717, 1.165) is 11.1 Å². The number of carbonyl (C=O) groups is 1. The number of benzene rings is 2. The summed E-state index contributed by atoms with van der Waals surface area (Å²) in [7, 11) is 4.63. The van der Waals surface area contributed by atoms with Crippen LogP contribution in [0.25, 0.3) is 0 Å². The van der Waals surface area contributed by atoms with Crippen LogP contribution in [0.2, 0.25) is 0 Å². The molecule has 4 unspecified atom stereocenters. The number of methoxy groups -OCH3 is 3. The quantitative estimate of drug-likeness (QED) is 0.699. The molecule has 2 aromatic rings. The van der Waals surface area contributed by atoms with Gasteiger partial charge in [0.2, 0.25) is 0 Å². The van der Waals surface area contributed by atoms with E-state index in [1.807, 2.05) is 18.2 Å². The van der Waals surface area contributed by atoms with Crippen LogP contribution in [-0.2, 0) is 19.0 Å². The maximum absolute atomic E-state index is 12.1. The van der Waals surface area contributed by atoms with Crippen molar-refractivity contribution in [2.75, 3.05) is 34.5 Å². The van der Waals surface area contributed by atoms with E-state index in [4.69, 9.17) is 28.4 Å². The van der Waals surface area contributed by atoms with Gasteiger partial charge >= 0.3 is 5.97 Å². The van der Waals surface area contributed by atoms with E-state index in [0.29, 0.717) is 23.9 Å².